The van der Waals surface area contributed by atoms with Crippen molar-refractivity contribution < 1.29 is 13.5 Å². The maximum atomic E-state index is 14.3. The van der Waals surface area contributed by atoms with Gasteiger partial charge in [0.2, 0.25) is 5.82 Å². The number of hydrogen-bond acceptors (Lipinski definition) is 1. The average molecular weight is 320 g/mol. The topological polar surface area (TPSA) is 9.23 Å². The largest absolute Gasteiger partial charge is 0.462 e. The first-order valence-corrected chi connectivity index (χ1v) is 8.96. The van der Waals surface area contributed by atoms with Gasteiger partial charge in [-0.25, -0.2) is 4.39 Å². The highest BCUT2D eigenvalue weighted by molar-refractivity contribution is 5.33. The molecule has 0 aromatic heterocycles. The molecule has 2 aliphatic carbocycles. The molecule has 1 aromatic carbocycles. The van der Waals surface area contributed by atoms with E-state index in [9.17, 15) is 8.78 Å². The van der Waals surface area contributed by atoms with Crippen molar-refractivity contribution in [2.45, 2.75) is 63.7 Å². The van der Waals surface area contributed by atoms with Gasteiger partial charge >= 0.3 is 0 Å². The van der Waals surface area contributed by atoms with E-state index in [-0.39, 0.29) is 11.7 Å². The molecule has 2 aliphatic rings. The van der Waals surface area contributed by atoms with Crippen LogP contribution in [0.5, 0.6) is 5.75 Å². The molecular weight excluding hydrogens is 294 g/mol. The Morgan fingerprint density at radius 1 is 0.870 bits per heavy atom. The van der Waals surface area contributed by atoms with Crippen LogP contribution < -0.4 is 4.74 Å². The van der Waals surface area contributed by atoms with E-state index in [2.05, 4.69) is 6.58 Å². The fourth-order valence-corrected chi connectivity index (χ4v) is 4.55. The minimum absolute atomic E-state index is 0.0860. The zero-order chi connectivity index (χ0) is 16.2. The van der Waals surface area contributed by atoms with Crippen LogP contribution in [-0.2, 0) is 0 Å². The highest BCUT2D eigenvalue weighted by Crippen LogP contribution is 2.44. The van der Waals surface area contributed by atoms with E-state index >= 15 is 0 Å². The highest BCUT2D eigenvalue weighted by Gasteiger charge is 2.30. The summed E-state index contributed by atoms with van der Waals surface area (Å²) in [7, 11) is 0. The maximum Gasteiger partial charge on any atom is 0.201 e. The van der Waals surface area contributed by atoms with Gasteiger partial charge in [-0.1, -0.05) is 44.7 Å². The molecule has 3 heteroatoms. The molecule has 0 heterocycles. The summed E-state index contributed by atoms with van der Waals surface area (Å²) in [5, 5.41) is 0. The molecule has 0 saturated heterocycles. The Morgan fingerprint density at radius 2 is 1.52 bits per heavy atom. The van der Waals surface area contributed by atoms with E-state index in [0.29, 0.717) is 5.56 Å². The molecule has 0 amide bonds. The zero-order valence-electron chi connectivity index (χ0n) is 13.7. The van der Waals surface area contributed by atoms with Crippen LogP contribution in [0, 0.1) is 23.5 Å². The number of benzene rings is 1. The van der Waals surface area contributed by atoms with Gasteiger partial charge in [0.15, 0.2) is 11.6 Å². The SMILES string of the molecule is C=COc1ccc(C2CCC(C3CCCCC3)CC2)c(F)c1F. The number of halogens is 2. The van der Waals surface area contributed by atoms with Crippen LogP contribution in [0.25, 0.3) is 0 Å². The Hall–Kier alpha value is -1.38. The van der Waals surface area contributed by atoms with Crippen LogP contribution >= 0.6 is 0 Å². The average Bonchev–Trinajstić information content (AvgIpc) is 2.60. The second-order valence-electron chi connectivity index (χ2n) is 7.08. The lowest BCUT2D eigenvalue weighted by Crippen LogP contribution is -2.23. The van der Waals surface area contributed by atoms with Gasteiger partial charge in [0.05, 0.1) is 6.26 Å². The molecule has 0 unspecified atom stereocenters. The van der Waals surface area contributed by atoms with Crippen molar-refractivity contribution in [2.24, 2.45) is 11.8 Å². The van der Waals surface area contributed by atoms with Crippen molar-refractivity contribution in [3.05, 3.63) is 42.2 Å². The van der Waals surface area contributed by atoms with E-state index in [1.54, 1.807) is 6.07 Å². The molecule has 0 spiro atoms. The molecule has 0 bridgehead atoms. The Balaban J connectivity index is 1.65. The molecule has 2 saturated carbocycles. The molecule has 1 nitrogen and oxygen atoms in total. The minimum atomic E-state index is -0.892. The summed E-state index contributed by atoms with van der Waals surface area (Å²) >= 11 is 0. The molecule has 0 atom stereocenters. The van der Waals surface area contributed by atoms with Crippen molar-refractivity contribution in [1.82, 2.24) is 0 Å². The van der Waals surface area contributed by atoms with E-state index in [0.717, 1.165) is 43.8 Å². The number of rotatable bonds is 4. The van der Waals surface area contributed by atoms with Crippen molar-refractivity contribution in [1.29, 1.82) is 0 Å². The van der Waals surface area contributed by atoms with Crippen LogP contribution in [0.2, 0.25) is 0 Å². The summed E-state index contributed by atoms with van der Waals surface area (Å²) in [6, 6.07) is 3.20. The van der Waals surface area contributed by atoms with E-state index in [4.69, 9.17) is 4.74 Å². The lowest BCUT2D eigenvalue weighted by Gasteiger charge is -2.36. The summed E-state index contributed by atoms with van der Waals surface area (Å²) in [4.78, 5) is 0. The molecule has 1 aromatic rings. The van der Waals surface area contributed by atoms with Crippen molar-refractivity contribution in [2.75, 3.05) is 0 Å². The summed E-state index contributed by atoms with van der Waals surface area (Å²) < 4.78 is 33.3. The van der Waals surface area contributed by atoms with Crippen molar-refractivity contribution >= 4 is 0 Å². The molecule has 126 valence electrons. The summed E-state index contributed by atoms with van der Waals surface area (Å²) in [6.45, 7) is 3.38. The maximum absolute atomic E-state index is 14.3. The monoisotopic (exact) mass is 320 g/mol. The van der Waals surface area contributed by atoms with E-state index in [1.807, 2.05) is 0 Å². The molecule has 2 fully saturated rings. The second kappa shape index (κ2) is 7.46. The summed E-state index contributed by atoms with van der Waals surface area (Å²) in [5.41, 5.74) is 0.515. The first-order valence-electron chi connectivity index (χ1n) is 8.96. The van der Waals surface area contributed by atoms with Gasteiger partial charge in [-0.2, -0.15) is 4.39 Å². The molecule has 3 rings (SSSR count). The van der Waals surface area contributed by atoms with Gasteiger partial charge in [0.1, 0.15) is 0 Å². The molecule has 0 aliphatic heterocycles. The van der Waals surface area contributed by atoms with Crippen LogP contribution in [0.1, 0.15) is 69.3 Å². The summed E-state index contributed by atoms with van der Waals surface area (Å²) in [5.74, 6) is 0.0824. The van der Waals surface area contributed by atoms with Gasteiger partial charge in [-0.05, 0) is 55.1 Å². The molecule has 23 heavy (non-hydrogen) atoms. The third-order valence-electron chi connectivity index (χ3n) is 5.82. The third kappa shape index (κ3) is 3.59. The quantitative estimate of drug-likeness (QED) is 0.588. The fourth-order valence-electron chi connectivity index (χ4n) is 4.55. The van der Waals surface area contributed by atoms with Crippen LogP contribution in [0.3, 0.4) is 0 Å². The van der Waals surface area contributed by atoms with Gasteiger partial charge in [-0.3, -0.25) is 0 Å². The first-order chi connectivity index (χ1) is 11.2. The van der Waals surface area contributed by atoms with E-state index < -0.39 is 11.6 Å². The molecule has 0 radical (unpaired) electrons. The molecular formula is C20H26F2O. The predicted molar refractivity (Wildman–Crippen MR) is 88.5 cm³/mol. The Bertz CT molecular complexity index is 541. The first kappa shape index (κ1) is 16.5. The Morgan fingerprint density at radius 3 is 2.17 bits per heavy atom. The predicted octanol–water partition coefficient (Wildman–Crippen LogP) is 6.34. The van der Waals surface area contributed by atoms with E-state index in [1.165, 1.54) is 38.2 Å². The Kier molecular flexibility index (Phi) is 5.34. The number of hydrogen-bond donors (Lipinski definition) is 0. The second-order valence-corrected chi connectivity index (χ2v) is 7.08. The van der Waals surface area contributed by atoms with Crippen LogP contribution in [0.4, 0.5) is 8.78 Å². The lowest BCUT2D eigenvalue weighted by molar-refractivity contribution is 0.184. The lowest BCUT2D eigenvalue weighted by atomic mass is 9.70. The van der Waals surface area contributed by atoms with Crippen LogP contribution in [-0.4, -0.2) is 0 Å². The van der Waals surface area contributed by atoms with Gasteiger partial charge in [0.25, 0.3) is 0 Å². The van der Waals surface area contributed by atoms with Crippen LogP contribution in [0.15, 0.2) is 25.0 Å². The molecule has 0 N–H and O–H groups in total. The normalized spacial score (nSPS) is 26.0. The van der Waals surface area contributed by atoms with Gasteiger partial charge < -0.3 is 4.74 Å². The fraction of sp³-hybridized carbons (Fsp3) is 0.600. The zero-order valence-corrected chi connectivity index (χ0v) is 13.7. The Labute approximate surface area is 137 Å². The van der Waals surface area contributed by atoms with Gasteiger partial charge in [-0.15, -0.1) is 0 Å². The third-order valence-corrected chi connectivity index (χ3v) is 5.82. The van der Waals surface area contributed by atoms with Crippen molar-refractivity contribution in [3.8, 4) is 5.75 Å². The van der Waals surface area contributed by atoms with Crippen molar-refractivity contribution in [3.63, 3.8) is 0 Å². The summed E-state index contributed by atoms with van der Waals surface area (Å²) in [6.07, 6.45) is 12.2. The highest BCUT2D eigenvalue weighted by atomic mass is 19.2. The standard InChI is InChI=1S/C20H26F2O/c1-2-23-18-13-12-17(19(21)20(18)22)16-10-8-15(9-11-16)14-6-4-3-5-7-14/h2,12-16H,1,3-11H2. The number of ether oxygens (including phenoxy) is 1. The smallest absolute Gasteiger partial charge is 0.201 e. The minimum Gasteiger partial charge on any atom is -0.462 e. The van der Waals surface area contributed by atoms with Gasteiger partial charge in [0, 0.05) is 0 Å².